The number of aliphatic hydroxyl groups excluding tert-OH is 5. The van der Waals surface area contributed by atoms with Gasteiger partial charge in [0, 0.05) is 12.8 Å². The molecule has 3 saturated carbocycles. The first-order chi connectivity index (χ1) is 17.0. The Balaban J connectivity index is 1.23. The highest BCUT2D eigenvalue weighted by molar-refractivity contribution is 5.96. The first-order valence-corrected chi connectivity index (χ1v) is 13.2. The molecule has 10 nitrogen and oxygen atoms in total. The van der Waals surface area contributed by atoms with Crippen LogP contribution in [0.3, 0.4) is 0 Å². The number of hydrogen-bond donors (Lipinski definition) is 6. The molecule has 1 saturated heterocycles. The van der Waals surface area contributed by atoms with E-state index in [1.165, 1.54) is 0 Å². The molecule has 4 fully saturated rings. The molecule has 2 aliphatic heterocycles. The van der Waals surface area contributed by atoms with E-state index >= 15 is 0 Å². The van der Waals surface area contributed by atoms with Gasteiger partial charge in [0.2, 0.25) is 0 Å². The molecule has 6 rings (SSSR count). The largest absolute Gasteiger partial charge is 0.490 e. The number of carbonyl (C=O) groups excluding carboxylic acids is 1. The lowest BCUT2D eigenvalue weighted by Gasteiger charge is -2.60. The normalized spacial score (nSPS) is 54.1. The van der Waals surface area contributed by atoms with Crippen LogP contribution in [0.1, 0.15) is 51.9 Å². The van der Waals surface area contributed by atoms with Gasteiger partial charge in [0.05, 0.1) is 31.5 Å². The van der Waals surface area contributed by atoms with Crippen LogP contribution >= 0.6 is 0 Å². The summed E-state index contributed by atoms with van der Waals surface area (Å²) in [6.07, 6.45) is -3.31. The van der Waals surface area contributed by atoms with Crippen LogP contribution < -0.4 is 0 Å². The number of hydrogen-bond acceptors (Lipinski definition) is 10. The van der Waals surface area contributed by atoms with Crippen LogP contribution in [-0.2, 0) is 19.0 Å². The Morgan fingerprint density at radius 3 is 2.67 bits per heavy atom. The molecule has 12 atom stereocenters. The van der Waals surface area contributed by atoms with Gasteiger partial charge in [0.15, 0.2) is 17.8 Å². The summed E-state index contributed by atoms with van der Waals surface area (Å²) in [6, 6.07) is 0. The molecular weight excluding hydrogens is 472 g/mol. The molecule has 0 aromatic carbocycles. The van der Waals surface area contributed by atoms with Crippen LogP contribution in [0.2, 0.25) is 0 Å². The minimum atomic E-state index is -1.55. The highest BCUT2D eigenvalue weighted by Gasteiger charge is 2.69. The zero-order valence-corrected chi connectivity index (χ0v) is 20.6. The molecule has 0 unspecified atom stereocenters. The van der Waals surface area contributed by atoms with E-state index in [1.54, 1.807) is 0 Å². The molecule has 1 spiro atoms. The zero-order valence-electron chi connectivity index (χ0n) is 20.6. The number of aliphatic hydroxyl groups is 6. The number of ketones is 1. The van der Waals surface area contributed by atoms with Gasteiger partial charge < -0.3 is 44.8 Å². The summed E-state index contributed by atoms with van der Waals surface area (Å²) in [5.41, 5.74) is -0.914. The van der Waals surface area contributed by atoms with Gasteiger partial charge >= 0.3 is 0 Å². The summed E-state index contributed by atoms with van der Waals surface area (Å²) in [5.74, 6) is 0.394. The standard InChI is InChI=1S/C26H38O10/c1-24-8-16(29)21-13(3-5-34-21)14(24)2-4-25-7-12(6-15(28)22(24)25)26(33,10-25)11-35-23-20(32)19(31)18(30)17(9-27)36-23/h12,14-15,17-20,22-23,27-28,30-33H,2-11H2,1H3/t12-,14-,15+,17-,18-,19+,20-,22+,23-,24-,25+,26+/m1/s1. The van der Waals surface area contributed by atoms with Gasteiger partial charge in [-0.2, -0.15) is 0 Å². The number of carbonyl (C=O) groups is 1. The number of ether oxygens (including phenoxy) is 3. The minimum Gasteiger partial charge on any atom is -0.490 e. The summed E-state index contributed by atoms with van der Waals surface area (Å²) in [7, 11) is 0. The molecule has 6 aliphatic rings. The summed E-state index contributed by atoms with van der Waals surface area (Å²) < 4.78 is 16.9. The maximum Gasteiger partial charge on any atom is 0.197 e. The Kier molecular flexibility index (Phi) is 5.91. The highest BCUT2D eigenvalue weighted by Crippen LogP contribution is 2.71. The maximum atomic E-state index is 13.0. The Hall–Kier alpha value is -1.11. The van der Waals surface area contributed by atoms with E-state index in [4.69, 9.17) is 14.2 Å². The van der Waals surface area contributed by atoms with Crippen LogP contribution in [0, 0.1) is 28.6 Å². The van der Waals surface area contributed by atoms with Crippen molar-refractivity contribution >= 4 is 5.78 Å². The fourth-order valence-corrected chi connectivity index (χ4v) is 9.24. The second kappa shape index (κ2) is 8.44. The lowest BCUT2D eigenvalue weighted by Crippen LogP contribution is -2.59. The Bertz CT molecular complexity index is 951. The van der Waals surface area contributed by atoms with Crippen molar-refractivity contribution in [2.45, 2.75) is 94.3 Å². The average Bonchev–Trinajstić information content (AvgIpc) is 3.39. The molecule has 0 amide bonds. The van der Waals surface area contributed by atoms with Gasteiger partial charge in [-0.15, -0.1) is 0 Å². The fraction of sp³-hybridized carbons (Fsp3) is 0.885. The van der Waals surface area contributed by atoms with E-state index in [0.717, 1.165) is 31.3 Å². The summed E-state index contributed by atoms with van der Waals surface area (Å²) in [4.78, 5) is 13.0. The van der Waals surface area contributed by atoms with Crippen molar-refractivity contribution in [3.05, 3.63) is 11.3 Å². The van der Waals surface area contributed by atoms with Gasteiger partial charge in [-0.1, -0.05) is 6.92 Å². The summed E-state index contributed by atoms with van der Waals surface area (Å²) >= 11 is 0. The number of fused-ring (bicyclic) bond motifs is 4. The van der Waals surface area contributed by atoms with Crippen LogP contribution in [0.4, 0.5) is 0 Å². The molecule has 0 aromatic heterocycles. The van der Waals surface area contributed by atoms with Crippen molar-refractivity contribution in [1.29, 1.82) is 0 Å². The second-order valence-corrected chi connectivity index (χ2v) is 12.5. The van der Waals surface area contributed by atoms with Crippen molar-refractivity contribution in [3.8, 4) is 0 Å². The van der Waals surface area contributed by atoms with Crippen LogP contribution in [0.25, 0.3) is 0 Å². The number of rotatable bonds is 4. The predicted octanol–water partition coefficient (Wildman–Crippen LogP) is -0.625. The van der Waals surface area contributed by atoms with Crippen LogP contribution in [-0.4, -0.2) is 98.7 Å². The SMILES string of the molecule is C[C@@]12CC(=O)C3=C(CCO3)[C@H]1CC[C@@]13C[C@@H](C[C@H](O)[C@H]12)[C@@](O)(CO[C@@H]1O[C@H](CO)[C@@H](O)[C@H](O)[C@H]1O)C3. The van der Waals surface area contributed by atoms with E-state index in [-0.39, 0.29) is 35.6 Å². The number of Topliss-reactive ketones (excluding diaryl/α,β-unsaturated/α-hetero) is 1. The highest BCUT2D eigenvalue weighted by atomic mass is 16.7. The molecule has 4 aliphatic carbocycles. The van der Waals surface area contributed by atoms with Gasteiger partial charge in [-0.25, -0.2) is 0 Å². The molecule has 6 N–H and O–H groups in total. The van der Waals surface area contributed by atoms with Crippen LogP contribution in [0.5, 0.6) is 0 Å². The number of allylic oxidation sites excluding steroid dienone is 1. The first-order valence-electron chi connectivity index (χ1n) is 13.2. The van der Waals surface area contributed by atoms with Crippen LogP contribution in [0.15, 0.2) is 11.3 Å². The third-order valence-corrected chi connectivity index (χ3v) is 10.5. The molecule has 2 bridgehead atoms. The molecular formula is C26H38O10. The molecule has 36 heavy (non-hydrogen) atoms. The summed E-state index contributed by atoms with van der Waals surface area (Å²) in [5, 5.41) is 63.2. The monoisotopic (exact) mass is 510 g/mol. The molecule has 202 valence electrons. The van der Waals surface area contributed by atoms with Crippen molar-refractivity contribution in [3.63, 3.8) is 0 Å². The first kappa shape index (κ1) is 25.2. The van der Waals surface area contributed by atoms with Crippen molar-refractivity contribution < 1.29 is 49.6 Å². The lowest BCUT2D eigenvalue weighted by molar-refractivity contribution is -0.310. The van der Waals surface area contributed by atoms with Gasteiger partial charge in [0.25, 0.3) is 0 Å². The quantitative estimate of drug-likeness (QED) is 0.287. The molecule has 2 heterocycles. The van der Waals surface area contributed by atoms with E-state index in [9.17, 15) is 35.4 Å². The second-order valence-electron chi connectivity index (χ2n) is 12.5. The van der Waals surface area contributed by atoms with Gasteiger partial charge in [0.1, 0.15) is 24.4 Å². The van der Waals surface area contributed by atoms with Crippen molar-refractivity contribution in [2.75, 3.05) is 19.8 Å². The minimum absolute atomic E-state index is 0.0202. The predicted molar refractivity (Wildman–Crippen MR) is 122 cm³/mol. The smallest absolute Gasteiger partial charge is 0.197 e. The third-order valence-electron chi connectivity index (χ3n) is 10.5. The Morgan fingerprint density at radius 1 is 1.14 bits per heavy atom. The zero-order chi connectivity index (χ0) is 25.6. The molecule has 10 heteroatoms. The molecule has 0 aromatic rings. The average molecular weight is 511 g/mol. The van der Waals surface area contributed by atoms with Gasteiger partial charge in [-0.3, -0.25) is 4.79 Å². The fourth-order valence-electron chi connectivity index (χ4n) is 9.24. The summed E-state index contributed by atoms with van der Waals surface area (Å²) in [6.45, 7) is 1.94. The lowest BCUT2D eigenvalue weighted by atomic mass is 9.44. The van der Waals surface area contributed by atoms with E-state index in [2.05, 4.69) is 6.92 Å². The maximum absolute atomic E-state index is 13.0. The van der Waals surface area contributed by atoms with E-state index < -0.39 is 54.4 Å². The molecule has 0 radical (unpaired) electrons. The Labute approximate surface area is 209 Å². The van der Waals surface area contributed by atoms with E-state index in [0.29, 0.717) is 31.6 Å². The Morgan fingerprint density at radius 2 is 1.92 bits per heavy atom. The van der Waals surface area contributed by atoms with Crippen molar-refractivity contribution in [1.82, 2.24) is 0 Å². The van der Waals surface area contributed by atoms with Gasteiger partial charge in [-0.05, 0) is 66.3 Å². The van der Waals surface area contributed by atoms with Crippen molar-refractivity contribution in [2.24, 2.45) is 28.6 Å². The van der Waals surface area contributed by atoms with E-state index in [1.807, 2.05) is 0 Å². The topological polar surface area (TPSA) is 166 Å². The third kappa shape index (κ3) is 3.42.